The molecule has 0 aliphatic carbocycles. The van der Waals surface area contributed by atoms with E-state index in [9.17, 15) is 14.7 Å². The van der Waals surface area contributed by atoms with Crippen molar-refractivity contribution in [3.63, 3.8) is 0 Å². The smallest absolute Gasteiger partial charge is 0.264 e. The number of thiophene rings is 1. The minimum atomic E-state index is -0.877. The second-order valence-electron chi connectivity index (χ2n) is 6.84. The molecule has 8 heteroatoms. The summed E-state index contributed by atoms with van der Waals surface area (Å²) in [6.07, 6.45) is 2.03. The maximum atomic E-state index is 12.9. The quantitative estimate of drug-likeness (QED) is 0.869. The topological polar surface area (TPSA) is 78.7 Å². The van der Waals surface area contributed by atoms with Crippen molar-refractivity contribution in [2.24, 2.45) is 7.05 Å². The predicted octanol–water partition coefficient (Wildman–Crippen LogP) is 0.442. The van der Waals surface area contributed by atoms with Crippen molar-refractivity contribution in [3.05, 3.63) is 27.1 Å². The first-order chi connectivity index (χ1) is 11.2. The Morgan fingerprint density at radius 2 is 2.21 bits per heavy atom. The molecule has 24 heavy (non-hydrogen) atoms. The van der Waals surface area contributed by atoms with E-state index in [0.29, 0.717) is 46.7 Å². The highest BCUT2D eigenvalue weighted by molar-refractivity contribution is 7.20. The minimum absolute atomic E-state index is 0.132. The van der Waals surface area contributed by atoms with Gasteiger partial charge < -0.3 is 19.5 Å². The van der Waals surface area contributed by atoms with Crippen LogP contribution >= 0.6 is 11.3 Å². The standard InChI is InChI=1S/C16H22N4O3S/c1-10-11-13(17-9-19(4)14(11)21)24-12(10)15(22)20-6-5-16(23,8-20)7-18(2)3/h9,23H,5-8H2,1-4H3/t16-/m0/s1. The molecule has 0 aromatic carbocycles. The molecular formula is C16H22N4O3S. The van der Waals surface area contributed by atoms with Crippen LogP contribution in [0.15, 0.2) is 11.1 Å². The normalized spacial score (nSPS) is 21.2. The van der Waals surface area contributed by atoms with Gasteiger partial charge in [0.15, 0.2) is 0 Å². The SMILES string of the molecule is Cc1c(C(=O)N2CC[C@](O)(CN(C)C)C2)sc2ncn(C)c(=O)c12. The summed E-state index contributed by atoms with van der Waals surface area (Å²) in [6, 6.07) is 0. The van der Waals surface area contributed by atoms with E-state index < -0.39 is 5.60 Å². The first-order valence-corrected chi connectivity index (χ1v) is 8.64. The Morgan fingerprint density at radius 1 is 1.50 bits per heavy atom. The number of aliphatic hydroxyl groups is 1. The Hall–Kier alpha value is -1.77. The largest absolute Gasteiger partial charge is 0.387 e. The molecule has 1 fully saturated rings. The summed E-state index contributed by atoms with van der Waals surface area (Å²) in [5.41, 5.74) is -0.340. The number of likely N-dealkylation sites (N-methyl/N-ethyl adjacent to an activating group) is 1. The highest BCUT2D eigenvalue weighted by Crippen LogP contribution is 2.30. The van der Waals surface area contributed by atoms with Gasteiger partial charge in [0, 0.05) is 20.1 Å². The van der Waals surface area contributed by atoms with Gasteiger partial charge in [0.25, 0.3) is 11.5 Å². The molecule has 3 rings (SSSR count). The van der Waals surface area contributed by atoms with E-state index >= 15 is 0 Å². The molecule has 1 saturated heterocycles. The van der Waals surface area contributed by atoms with Crippen molar-refractivity contribution in [3.8, 4) is 0 Å². The lowest BCUT2D eigenvalue weighted by Gasteiger charge is -2.26. The third kappa shape index (κ3) is 2.85. The lowest BCUT2D eigenvalue weighted by molar-refractivity contribution is 0.0237. The van der Waals surface area contributed by atoms with Gasteiger partial charge in [-0.05, 0) is 33.0 Å². The summed E-state index contributed by atoms with van der Waals surface area (Å²) in [4.78, 5) is 34.1. The van der Waals surface area contributed by atoms with Crippen molar-refractivity contribution >= 4 is 27.5 Å². The molecule has 7 nitrogen and oxygen atoms in total. The van der Waals surface area contributed by atoms with Crippen LogP contribution in [0.3, 0.4) is 0 Å². The van der Waals surface area contributed by atoms with Gasteiger partial charge in [0.05, 0.1) is 28.7 Å². The Kier molecular flexibility index (Phi) is 4.23. The average molecular weight is 350 g/mol. The number of rotatable bonds is 3. The van der Waals surface area contributed by atoms with Crippen molar-refractivity contribution < 1.29 is 9.90 Å². The first kappa shape index (κ1) is 17.1. The number of carbonyl (C=O) groups excluding carboxylic acids is 1. The lowest BCUT2D eigenvalue weighted by Crippen LogP contribution is -2.43. The van der Waals surface area contributed by atoms with Crippen molar-refractivity contribution in [2.75, 3.05) is 33.7 Å². The Morgan fingerprint density at radius 3 is 2.88 bits per heavy atom. The molecule has 2 aromatic rings. The number of nitrogens with zero attached hydrogens (tertiary/aromatic N) is 4. The number of hydrogen-bond acceptors (Lipinski definition) is 6. The van der Waals surface area contributed by atoms with Gasteiger partial charge in [0.1, 0.15) is 4.83 Å². The fraction of sp³-hybridized carbons (Fsp3) is 0.562. The van der Waals surface area contributed by atoms with Crippen molar-refractivity contribution in [1.29, 1.82) is 0 Å². The van der Waals surface area contributed by atoms with E-state index in [4.69, 9.17) is 0 Å². The predicted molar refractivity (Wildman–Crippen MR) is 93.6 cm³/mol. The Balaban J connectivity index is 1.92. The zero-order valence-electron chi connectivity index (χ0n) is 14.4. The summed E-state index contributed by atoms with van der Waals surface area (Å²) >= 11 is 1.25. The molecule has 3 heterocycles. The molecule has 0 saturated carbocycles. The van der Waals surface area contributed by atoms with Crippen LogP contribution < -0.4 is 5.56 Å². The van der Waals surface area contributed by atoms with E-state index in [1.165, 1.54) is 22.2 Å². The number of β-amino-alcohol motifs (C(OH)–C–C–N with tert-alkyl or cyclic N) is 1. The number of hydrogen-bond donors (Lipinski definition) is 1. The molecule has 1 amide bonds. The van der Waals surface area contributed by atoms with Crippen LogP contribution in [0, 0.1) is 6.92 Å². The number of likely N-dealkylation sites (tertiary alicyclic amines) is 1. The number of aromatic nitrogens is 2. The molecule has 0 unspecified atom stereocenters. The monoisotopic (exact) mass is 350 g/mol. The number of aryl methyl sites for hydroxylation is 2. The molecule has 1 aliphatic rings. The van der Waals surface area contributed by atoms with Gasteiger partial charge in [-0.2, -0.15) is 0 Å². The molecule has 1 aliphatic heterocycles. The maximum Gasteiger partial charge on any atom is 0.264 e. The summed E-state index contributed by atoms with van der Waals surface area (Å²) < 4.78 is 1.42. The number of carbonyl (C=O) groups is 1. The second-order valence-corrected chi connectivity index (χ2v) is 7.83. The van der Waals surface area contributed by atoms with E-state index in [1.807, 2.05) is 19.0 Å². The van der Waals surface area contributed by atoms with Crippen LogP contribution in [0.1, 0.15) is 21.7 Å². The molecule has 1 N–H and O–H groups in total. The van der Waals surface area contributed by atoms with Crippen LogP contribution in [-0.2, 0) is 7.05 Å². The second kappa shape index (κ2) is 5.94. The lowest BCUT2D eigenvalue weighted by atomic mass is 10.0. The van der Waals surface area contributed by atoms with Gasteiger partial charge in [0.2, 0.25) is 0 Å². The van der Waals surface area contributed by atoms with Crippen LogP contribution in [0.2, 0.25) is 0 Å². The van der Waals surface area contributed by atoms with Gasteiger partial charge in [-0.25, -0.2) is 4.98 Å². The number of amides is 1. The molecule has 0 bridgehead atoms. The van der Waals surface area contributed by atoms with Gasteiger partial charge in [-0.15, -0.1) is 11.3 Å². The van der Waals surface area contributed by atoms with Crippen LogP contribution in [0.25, 0.3) is 10.2 Å². The third-order valence-electron chi connectivity index (χ3n) is 4.43. The summed E-state index contributed by atoms with van der Waals surface area (Å²) in [6.45, 7) is 3.13. The highest BCUT2D eigenvalue weighted by Gasteiger charge is 2.39. The summed E-state index contributed by atoms with van der Waals surface area (Å²) in [7, 11) is 5.45. The van der Waals surface area contributed by atoms with E-state index in [-0.39, 0.29) is 11.5 Å². The van der Waals surface area contributed by atoms with Crippen LogP contribution in [-0.4, -0.2) is 69.7 Å². The average Bonchev–Trinajstić information content (AvgIpc) is 3.03. The van der Waals surface area contributed by atoms with Crippen molar-refractivity contribution in [1.82, 2.24) is 19.4 Å². The van der Waals surface area contributed by atoms with Gasteiger partial charge >= 0.3 is 0 Å². The molecule has 2 aromatic heterocycles. The summed E-state index contributed by atoms with van der Waals surface area (Å²) in [5.74, 6) is -0.132. The summed E-state index contributed by atoms with van der Waals surface area (Å²) in [5, 5.41) is 11.1. The highest BCUT2D eigenvalue weighted by atomic mass is 32.1. The molecule has 130 valence electrons. The third-order valence-corrected chi connectivity index (χ3v) is 5.62. The molecule has 1 atom stereocenters. The van der Waals surface area contributed by atoms with Crippen LogP contribution in [0.5, 0.6) is 0 Å². The Labute approximate surface area is 144 Å². The first-order valence-electron chi connectivity index (χ1n) is 7.83. The molecular weight excluding hydrogens is 328 g/mol. The van der Waals surface area contributed by atoms with E-state index in [2.05, 4.69) is 4.98 Å². The zero-order chi connectivity index (χ0) is 17.6. The van der Waals surface area contributed by atoms with E-state index in [1.54, 1.807) is 18.9 Å². The van der Waals surface area contributed by atoms with E-state index in [0.717, 1.165) is 0 Å². The Bertz CT molecular complexity index is 857. The molecule has 0 radical (unpaired) electrons. The van der Waals surface area contributed by atoms with Gasteiger partial charge in [-0.3, -0.25) is 9.59 Å². The fourth-order valence-electron chi connectivity index (χ4n) is 3.30. The maximum absolute atomic E-state index is 12.9. The fourth-order valence-corrected chi connectivity index (χ4v) is 4.41. The zero-order valence-corrected chi connectivity index (χ0v) is 15.2. The van der Waals surface area contributed by atoms with Gasteiger partial charge in [-0.1, -0.05) is 0 Å². The molecule has 0 spiro atoms. The number of fused-ring (bicyclic) bond motifs is 1. The van der Waals surface area contributed by atoms with Crippen molar-refractivity contribution in [2.45, 2.75) is 18.9 Å². The minimum Gasteiger partial charge on any atom is -0.387 e. The van der Waals surface area contributed by atoms with Crippen LogP contribution in [0.4, 0.5) is 0 Å².